The molecule has 26 heavy (non-hydrogen) atoms. The number of halogens is 1. The molecule has 3 rings (SSSR count). The number of carbonyl (C=O) groups is 1. The minimum atomic E-state index is -0.0282. The molecule has 1 aliphatic heterocycles. The molecule has 2 heterocycles. The van der Waals surface area contributed by atoms with Gasteiger partial charge in [-0.05, 0) is 38.0 Å². The van der Waals surface area contributed by atoms with Crippen LogP contribution in [0.2, 0.25) is 5.02 Å². The largest absolute Gasteiger partial charge is 0.373 e. The summed E-state index contributed by atoms with van der Waals surface area (Å²) in [7, 11) is 0. The van der Waals surface area contributed by atoms with Gasteiger partial charge in [0.05, 0.1) is 17.9 Å². The molecule has 1 saturated heterocycles. The van der Waals surface area contributed by atoms with Crippen LogP contribution in [0.4, 0.5) is 5.13 Å². The highest BCUT2D eigenvalue weighted by Gasteiger charge is 2.22. The lowest BCUT2D eigenvalue weighted by atomic mass is 10.1. The second-order valence-corrected chi connectivity index (χ2v) is 8.07. The van der Waals surface area contributed by atoms with Crippen LogP contribution >= 0.6 is 22.9 Å². The Labute approximate surface area is 163 Å². The maximum Gasteiger partial charge on any atom is 0.226 e. The van der Waals surface area contributed by atoms with Gasteiger partial charge >= 0.3 is 0 Å². The summed E-state index contributed by atoms with van der Waals surface area (Å²) in [6.45, 7) is 6.78. The number of nitrogens with zero attached hydrogens (tertiary/aromatic N) is 2. The third kappa shape index (κ3) is 5.77. The Balaban J connectivity index is 1.47. The first-order valence-corrected chi connectivity index (χ1v) is 10.1. The number of ether oxygens (including phenoxy) is 1. The molecule has 140 valence electrons. The number of morpholine rings is 1. The van der Waals surface area contributed by atoms with Gasteiger partial charge in [0, 0.05) is 36.5 Å². The Kier molecular flexibility index (Phi) is 6.64. The smallest absolute Gasteiger partial charge is 0.226 e. The lowest BCUT2D eigenvalue weighted by molar-refractivity contribution is -0.116. The van der Waals surface area contributed by atoms with Gasteiger partial charge in [-0.15, -0.1) is 11.3 Å². The van der Waals surface area contributed by atoms with Crippen molar-refractivity contribution in [1.82, 2.24) is 9.88 Å². The molecule has 0 spiro atoms. The van der Waals surface area contributed by atoms with E-state index in [1.807, 2.05) is 29.6 Å². The lowest BCUT2D eigenvalue weighted by Gasteiger charge is -2.34. The van der Waals surface area contributed by atoms with E-state index < -0.39 is 0 Å². The van der Waals surface area contributed by atoms with Crippen LogP contribution in [0.1, 0.15) is 31.5 Å². The summed E-state index contributed by atoms with van der Waals surface area (Å²) in [6.07, 6.45) is 1.55. The summed E-state index contributed by atoms with van der Waals surface area (Å²) >= 11 is 7.44. The Morgan fingerprint density at radius 1 is 1.38 bits per heavy atom. The van der Waals surface area contributed by atoms with Crippen molar-refractivity contribution in [1.29, 1.82) is 0 Å². The molecular formula is C19H24ClN3O2S. The molecule has 1 aromatic heterocycles. The van der Waals surface area contributed by atoms with Crippen molar-refractivity contribution < 1.29 is 9.53 Å². The molecule has 0 radical (unpaired) electrons. The van der Waals surface area contributed by atoms with E-state index in [0.717, 1.165) is 30.9 Å². The maximum absolute atomic E-state index is 12.2. The van der Waals surface area contributed by atoms with E-state index in [-0.39, 0.29) is 18.1 Å². The molecule has 1 aromatic carbocycles. The van der Waals surface area contributed by atoms with Gasteiger partial charge in [0.1, 0.15) is 0 Å². The van der Waals surface area contributed by atoms with E-state index in [1.54, 1.807) is 0 Å². The number of aryl methyl sites for hydroxylation is 1. The fraction of sp³-hybridized carbons (Fsp3) is 0.474. The third-order valence-electron chi connectivity index (χ3n) is 4.21. The fourth-order valence-corrected chi connectivity index (χ4v) is 4.14. The van der Waals surface area contributed by atoms with Gasteiger partial charge in [0.2, 0.25) is 5.91 Å². The topological polar surface area (TPSA) is 54.5 Å². The van der Waals surface area contributed by atoms with Gasteiger partial charge in [-0.3, -0.25) is 9.69 Å². The number of nitrogens with one attached hydrogen (secondary N) is 1. The zero-order valence-corrected chi connectivity index (χ0v) is 16.6. The van der Waals surface area contributed by atoms with Gasteiger partial charge in [0.15, 0.2) is 5.13 Å². The molecule has 0 aliphatic carbocycles. The van der Waals surface area contributed by atoms with E-state index in [9.17, 15) is 4.79 Å². The number of hydrogen-bond donors (Lipinski definition) is 1. The van der Waals surface area contributed by atoms with E-state index in [4.69, 9.17) is 16.3 Å². The summed E-state index contributed by atoms with van der Waals surface area (Å²) in [5, 5.41) is 6.26. The summed E-state index contributed by atoms with van der Waals surface area (Å²) < 4.78 is 5.76. The molecule has 5 nitrogen and oxygen atoms in total. The maximum atomic E-state index is 12.2. The van der Waals surface area contributed by atoms with Crippen molar-refractivity contribution in [2.75, 3.05) is 18.4 Å². The van der Waals surface area contributed by atoms with Crippen molar-refractivity contribution in [2.24, 2.45) is 0 Å². The van der Waals surface area contributed by atoms with Crippen LogP contribution in [0.5, 0.6) is 0 Å². The van der Waals surface area contributed by atoms with Gasteiger partial charge in [-0.2, -0.15) is 0 Å². The molecule has 1 fully saturated rings. The van der Waals surface area contributed by atoms with Crippen LogP contribution in [0.3, 0.4) is 0 Å². The zero-order chi connectivity index (χ0) is 18.5. The van der Waals surface area contributed by atoms with Crippen LogP contribution in [0, 0.1) is 0 Å². The predicted octanol–water partition coefficient (Wildman–Crippen LogP) is 3.98. The van der Waals surface area contributed by atoms with E-state index in [0.29, 0.717) is 23.0 Å². The van der Waals surface area contributed by atoms with Crippen molar-refractivity contribution in [3.63, 3.8) is 0 Å². The van der Waals surface area contributed by atoms with Crippen molar-refractivity contribution >= 4 is 34.0 Å². The lowest BCUT2D eigenvalue weighted by Crippen LogP contribution is -2.44. The number of thiazole rings is 1. The highest BCUT2D eigenvalue weighted by molar-refractivity contribution is 7.13. The van der Waals surface area contributed by atoms with Crippen LogP contribution in [0.15, 0.2) is 29.6 Å². The van der Waals surface area contributed by atoms with E-state index >= 15 is 0 Å². The standard InChI is InChI=1S/C19H24ClN3O2S/c1-13-9-23(10-14(2)25-13)11-17-12-26-19(21-17)22-18(24)7-6-15-4-3-5-16(20)8-15/h3-5,8,12-14H,6-7,9-11H2,1-2H3,(H,21,22,24). The van der Waals surface area contributed by atoms with Crippen LogP contribution in [0.25, 0.3) is 0 Å². The number of rotatable bonds is 6. The molecule has 0 bridgehead atoms. The molecule has 2 unspecified atom stereocenters. The average molecular weight is 394 g/mol. The molecule has 7 heteroatoms. The van der Waals surface area contributed by atoms with Crippen LogP contribution in [-0.4, -0.2) is 41.1 Å². The third-order valence-corrected chi connectivity index (χ3v) is 5.25. The molecule has 1 amide bonds. The van der Waals surface area contributed by atoms with Gasteiger partial charge in [0.25, 0.3) is 0 Å². The highest BCUT2D eigenvalue weighted by Crippen LogP contribution is 2.20. The number of aromatic nitrogens is 1. The highest BCUT2D eigenvalue weighted by atomic mass is 35.5. The zero-order valence-electron chi connectivity index (χ0n) is 15.1. The summed E-state index contributed by atoms with van der Waals surface area (Å²) in [4.78, 5) is 19.0. The van der Waals surface area contributed by atoms with Gasteiger partial charge in [-0.1, -0.05) is 23.7 Å². The number of carbonyl (C=O) groups excluding carboxylic acids is 1. The molecule has 1 N–H and O–H groups in total. The Bertz CT molecular complexity index is 742. The van der Waals surface area contributed by atoms with Crippen molar-refractivity contribution in [3.8, 4) is 0 Å². The summed E-state index contributed by atoms with van der Waals surface area (Å²) in [6, 6.07) is 7.60. The minimum Gasteiger partial charge on any atom is -0.373 e. The average Bonchev–Trinajstić information content (AvgIpc) is 2.99. The first-order chi connectivity index (χ1) is 12.5. The van der Waals surface area contributed by atoms with Gasteiger partial charge in [-0.25, -0.2) is 4.98 Å². The summed E-state index contributed by atoms with van der Waals surface area (Å²) in [5.41, 5.74) is 2.05. The monoisotopic (exact) mass is 393 g/mol. The Hall–Kier alpha value is -1.47. The minimum absolute atomic E-state index is 0.0282. The van der Waals surface area contributed by atoms with Crippen LogP contribution in [-0.2, 0) is 22.5 Å². The molecule has 1 aliphatic rings. The fourth-order valence-electron chi connectivity index (χ4n) is 3.21. The number of benzene rings is 1. The molecule has 0 saturated carbocycles. The first kappa shape index (κ1) is 19.3. The quantitative estimate of drug-likeness (QED) is 0.806. The van der Waals surface area contributed by atoms with Crippen molar-refractivity contribution in [2.45, 2.75) is 45.4 Å². The molecule has 2 atom stereocenters. The van der Waals surface area contributed by atoms with Crippen LogP contribution < -0.4 is 5.32 Å². The Morgan fingerprint density at radius 3 is 2.88 bits per heavy atom. The second-order valence-electron chi connectivity index (χ2n) is 6.77. The number of amides is 1. The number of hydrogen-bond acceptors (Lipinski definition) is 5. The SMILES string of the molecule is CC1CN(Cc2csc(NC(=O)CCc3cccc(Cl)c3)n2)CC(C)O1. The second kappa shape index (κ2) is 8.95. The molecular weight excluding hydrogens is 370 g/mol. The predicted molar refractivity (Wildman–Crippen MR) is 106 cm³/mol. The van der Waals surface area contributed by atoms with E-state index in [2.05, 4.69) is 29.0 Å². The van der Waals surface area contributed by atoms with E-state index in [1.165, 1.54) is 11.3 Å². The first-order valence-electron chi connectivity index (χ1n) is 8.84. The normalized spacial score (nSPS) is 20.9. The number of anilines is 1. The van der Waals surface area contributed by atoms with Gasteiger partial charge < -0.3 is 10.1 Å². The summed E-state index contributed by atoms with van der Waals surface area (Å²) in [5.74, 6) is -0.0282. The molecule has 2 aromatic rings. The Morgan fingerprint density at radius 2 is 2.15 bits per heavy atom. The van der Waals surface area contributed by atoms with Crippen molar-refractivity contribution in [3.05, 3.63) is 45.9 Å².